The Labute approximate surface area is 147 Å². The van der Waals surface area contributed by atoms with Gasteiger partial charge in [-0.2, -0.15) is 13.5 Å². The lowest BCUT2D eigenvalue weighted by molar-refractivity contribution is 0.353. The fraction of sp³-hybridized carbons (Fsp3) is 0.133. The SMILES string of the molecule is COc1cc(/C=N\NS(=O)(=O)c2ccc(F)cc2)cc(Br)c1OC. The van der Waals surface area contributed by atoms with Crippen molar-refractivity contribution in [2.75, 3.05) is 14.2 Å². The number of nitrogens with zero attached hydrogens (tertiary/aromatic N) is 1. The molecule has 0 spiro atoms. The Morgan fingerprint density at radius 1 is 1.17 bits per heavy atom. The van der Waals surface area contributed by atoms with Crippen LogP contribution in [-0.2, 0) is 10.0 Å². The van der Waals surface area contributed by atoms with Crippen molar-refractivity contribution in [3.8, 4) is 11.5 Å². The van der Waals surface area contributed by atoms with Crippen LogP contribution in [0.25, 0.3) is 0 Å². The molecule has 2 aromatic rings. The predicted octanol–water partition coefficient (Wildman–Crippen LogP) is 2.92. The van der Waals surface area contributed by atoms with E-state index in [1.54, 1.807) is 12.1 Å². The summed E-state index contributed by atoms with van der Waals surface area (Å²) in [6.45, 7) is 0. The van der Waals surface area contributed by atoms with Gasteiger partial charge in [-0.15, -0.1) is 0 Å². The van der Waals surface area contributed by atoms with Gasteiger partial charge in [0.25, 0.3) is 10.0 Å². The molecule has 0 saturated heterocycles. The number of methoxy groups -OCH3 is 2. The van der Waals surface area contributed by atoms with E-state index in [1.807, 2.05) is 0 Å². The molecule has 0 aliphatic rings. The molecule has 0 aliphatic carbocycles. The minimum Gasteiger partial charge on any atom is -0.493 e. The molecule has 0 amide bonds. The van der Waals surface area contributed by atoms with Crippen LogP contribution < -0.4 is 14.3 Å². The molecule has 6 nitrogen and oxygen atoms in total. The minimum absolute atomic E-state index is 0.0884. The number of hydrogen-bond acceptors (Lipinski definition) is 5. The monoisotopic (exact) mass is 416 g/mol. The van der Waals surface area contributed by atoms with Crippen molar-refractivity contribution in [1.82, 2.24) is 4.83 Å². The number of rotatable bonds is 6. The van der Waals surface area contributed by atoms with Crippen molar-refractivity contribution in [3.63, 3.8) is 0 Å². The second-order valence-corrected chi connectivity index (χ2v) is 7.06. The zero-order chi connectivity index (χ0) is 17.7. The van der Waals surface area contributed by atoms with Gasteiger partial charge in [-0.1, -0.05) is 0 Å². The van der Waals surface area contributed by atoms with Crippen LogP contribution in [0.4, 0.5) is 4.39 Å². The average molecular weight is 417 g/mol. The highest BCUT2D eigenvalue weighted by atomic mass is 79.9. The largest absolute Gasteiger partial charge is 0.493 e. The van der Waals surface area contributed by atoms with Crippen LogP contribution in [0.2, 0.25) is 0 Å². The Balaban J connectivity index is 2.19. The molecule has 0 aromatic heterocycles. The minimum atomic E-state index is -3.87. The second-order valence-electron chi connectivity index (χ2n) is 4.55. The van der Waals surface area contributed by atoms with Gasteiger partial charge in [0.15, 0.2) is 11.5 Å². The summed E-state index contributed by atoms with van der Waals surface area (Å²) < 4.78 is 47.9. The lowest BCUT2D eigenvalue weighted by Gasteiger charge is -2.10. The van der Waals surface area contributed by atoms with Crippen LogP contribution in [0, 0.1) is 5.82 Å². The third-order valence-electron chi connectivity index (χ3n) is 2.97. The molecular weight excluding hydrogens is 403 g/mol. The van der Waals surface area contributed by atoms with Crippen LogP contribution in [0.5, 0.6) is 11.5 Å². The Morgan fingerprint density at radius 2 is 1.83 bits per heavy atom. The third-order valence-corrected chi connectivity index (χ3v) is 4.79. The zero-order valence-corrected chi connectivity index (χ0v) is 15.2. The van der Waals surface area contributed by atoms with E-state index in [0.717, 1.165) is 24.3 Å². The first-order valence-electron chi connectivity index (χ1n) is 6.59. The molecule has 24 heavy (non-hydrogen) atoms. The van der Waals surface area contributed by atoms with E-state index in [0.29, 0.717) is 21.5 Å². The lowest BCUT2D eigenvalue weighted by atomic mass is 10.2. The number of hydrogen-bond donors (Lipinski definition) is 1. The van der Waals surface area contributed by atoms with E-state index >= 15 is 0 Å². The Kier molecular flexibility index (Phi) is 5.79. The first kappa shape index (κ1) is 18.2. The summed E-state index contributed by atoms with van der Waals surface area (Å²) >= 11 is 3.33. The molecule has 1 N–H and O–H groups in total. The quantitative estimate of drug-likeness (QED) is 0.579. The predicted molar refractivity (Wildman–Crippen MR) is 91.6 cm³/mol. The van der Waals surface area contributed by atoms with Gasteiger partial charge in [-0.3, -0.25) is 0 Å². The molecule has 2 rings (SSSR count). The molecule has 9 heteroatoms. The van der Waals surface area contributed by atoms with Crippen LogP contribution in [0.15, 0.2) is 50.9 Å². The first-order valence-corrected chi connectivity index (χ1v) is 8.87. The summed E-state index contributed by atoms with van der Waals surface area (Å²) in [6.07, 6.45) is 1.31. The van der Waals surface area contributed by atoms with Crippen LogP contribution in [0.1, 0.15) is 5.56 Å². The lowest BCUT2D eigenvalue weighted by Crippen LogP contribution is -2.18. The van der Waals surface area contributed by atoms with Crippen LogP contribution in [0.3, 0.4) is 0 Å². The topological polar surface area (TPSA) is 77.0 Å². The number of nitrogens with one attached hydrogen (secondary N) is 1. The number of hydrazone groups is 1. The van der Waals surface area contributed by atoms with Gasteiger partial charge in [-0.25, -0.2) is 9.22 Å². The fourth-order valence-corrected chi connectivity index (χ4v) is 3.26. The Morgan fingerprint density at radius 3 is 2.42 bits per heavy atom. The molecular formula is C15H14BrFN2O4S. The number of ether oxygens (including phenoxy) is 2. The summed E-state index contributed by atoms with van der Waals surface area (Å²) in [5.74, 6) is 0.462. The molecule has 0 aliphatic heterocycles. The maximum atomic E-state index is 12.8. The van der Waals surface area contributed by atoms with Crippen molar-refractivity contribution >= 4 is 32.2 Å². The van der Waals surface area contributed by atoms with Gasteiger partial charge < -0.3 is 9.47 Å². The van der Waals surface area contributed by atoms with Gasteiger partial charge in [0.05, 0.1) is 29.8 Å². The summed E-state index contributed by atoms with van der Waals surface area (Å²) in [7, 11) is -0.872. The van der Waals surface area contributed by atoms with Gasteiger partial charge in [0.2, 0.25) is 0 Å². The molecule has 0 fully saturated rings. The van der Waals surface area contributed by atoms with E-state index in [9.17, 15) is 12.8 Å². The van der Waals surface area contributed by atoms with Crippen LogP contribution >= 0.6 is 15.9 Å². The number of halogens is 2. The van der Waals surface area contributed by atoms with Crippen LogP contribution in [-0.4, -0.2) is 28.9 Å². The second kappa shape index (κ2) is 7.63. The highest BCUT2D eigenvalue weighted by molar-refractivity contribution is 9.10. The molecule has 0 heterocycles. The number of sulfonamides is 1. The van der Waals surface area contributed by atoms with Crippen molar-refractivity contribution in [2.45, 2.75) is 4.90 Å². The average Bonchev–Trinajstić information content (AvgIpc) is 2.54. The van der Waals surface area contributed by atoms with E-state index in [2.05, 4.69) is 25.9 Å². The zero-order valence-electron chi connectivity index (χ0n) is 12.8. The summed E-state index contributed by atoms with van der Waals surface area (Å²) in [4.78, 5) is 1.97. The van der Waals surface area contributed by atoms with E-state index in [1.165, 1.54) is 20.4 Å². The van der Waals surface area contributed by atoms with Gasteiger partial charge in [0.1, 0.15) is 5.82 Å². The van der Waals surface area contributed by atoms with Crippen molar-refractivity contribution in [2.24, 2.45) is 5.10 Å². The molecule has 0 radical (unpaired) electrons. The molecule has 0 bridgehead atoms. The van der Waals surface area contributed by atoms with Crippen molar-refractivity contribution < 1.29 is 22.3 Å². The Bertz CT molecular complexity index is 855. The third kappa shape index (κ3) is 4.24. The maximum Gasteiger partial charge on any atom is 0.276 e. The van der Waals surface area contributed by atoms with Gasteiger partial charge in [-0.05, 0) is 57.9 Å². The molecule has 128 valence electrons. The van der Waals surface area contributed by atoms with E-state index in [-0.39, 0.29) is 4.90 Å². The fourth-order valence-electron chi connectivity index (χ4n) is 1.85. The normalized spacial score (nSPS) is 11.5. The first-order chi connectivity index (χ1) is 11.4. The van der Waals surface area contributed by atoms with Crippen molar-refractivity contribution in [3.05, 3.63) is 52.3 Å². The Hall–Kier alpha value is -2.13. The molecule has 0 unspecified atom stereocenters. The van der Waals surface area contributed by atoms with Crippen molar-refractivity contribution in [1.29, 1.82) is 0 Å². The van der Waals surface area contributed by atoms with Gasteiger partial charge >= 0.3 is 0 Å². The van der Waals surface area contributed by atoms with E-state index < -0.39 is 15.8 Å². The smallest absolute Gasteiger partial charge is 0.276 e. The maximum absolute atomic E-state index is 12.8. The van der Waals surface area contributed by atoms with E-state index in [4.69, 9.17) is 9.47 Å². The highest BCUT2D eigenvalue weighted by Gasteiger charge is 2.13. The van der Waals surface area contributed by atoms with Gasteiger partial charge in [0, 0.05) is 0 Å². The standard InChI is InChI=1S/C15H14BrFN2O4S/c1-22-14-8-10(7-13(16)15(14)23-2)9-18-19-24(20,21)12-5-3-11(17)4-6-12/h3-9,19H,1-2H3/b18-9-. The molecule has 0 saturated carbocycles. The molecule has 0 atom stereocenters. The number of benzene rings is 2. The summed E-state index contributed by atoms with van der Waals surface area (Å²) in [5.41, 5.74) is 0.585. The molecule has 2 aromatic carbocycles. The summed E-state index contributed by atoms with van der Waals surface area (Å²) in [5, 5.41) is 3.71. The highest BCUT2D eigenvalue weighted by Crippen LogP contribution is 2.35. The summed E-state index contributed by atoms with van der Waals surface area (Å²) in [6, 6.07) is 7.75.